The molecule has 2 N–H and O–H groups in total. The van der Waals surface area contributed by atoms with Gasteiger partial charge in [-0.1, -0.05) is 18.2 Å². The summed E-state index contributed by atoms with van der Waals surface area (Å²) in [5.74, 6) is 0.711. The fourth-order valence-electron chi connectivity index (χ4n) is 1.70. The smallest absolute Gasteiger partial charge is 0.146 e. The summed E-state index contributed by atoms with van der Waals surface area (Å²) in [5, 5.41) is 13.0. The maximum atomic E-state index is 8.90. The minimum atomic E-state index is 0.147. The fourth-order valence-corrected chi connectivity index (χ4v) is 1.70. The first-order valence-corrected chi connectivity index (χ1v) is 6.42. The predicted molar refractivity (Wildman–Crippen MR) is 82.3 cm³/mol. The highest BCUT2D eigenvalue weighted by molar-refractivity contribution is 5.80. The summed E-state index contributed by atoms with van der Waals surface area (Å²) < 4.78 is 0. The number of rotatable bonds is 6. The molecule has 5 nitrogen and oxygen atoms in total. The standard InChI is InChI=1S/C15H18N4O/c1-19(10-11-20)14-7-5-13(6-8-14)12-17-18-15-4-2-3-9-16-15/h2-9,12,20H,10-11H2,1H3,(H,16,18). The van der Waals surface area contributed by atoms with Gasteiger partial charge in [-0.25, -0.2) is 4.98 Å². The Morgan fingerprint density at radius 1 is 1.25 bits per heavy atom. The SMILES string of the molecule is CN(CCO)c1ccc(C=NNc2ccccn2)cc1. The van der Waals surface area contributed by atoms with E-state index < -0.39 is 0 Å². The molecule has 1 heterocycles. The second-order valence-corrected chi connectivity index (χ2v) is 4.32. The molecular weight excluding hydrogens is 252 g/mol. The van der Waals surface area contributed by atoms with Crippen LogP contribution in [0.25, 0.3) is 0 Å². The van der Waals surface area contributed by atoms with Crippen LogP contribution in [0.1, 0.15) is 5.56 Å². The topological polar surface area (TPSA) is 60.8 Å². The molecule has 0 fully saturated rings. The molecule has 0 aliphatic rings. The molecule has 1 aromatic heterocycles. The van der Waals surface area contributed by atoms with Crippen LogP contribution in [0.5, 0.6) is 0 Å². The van der Waals surface area contributed by atoms with Crippen LogP contribution in [0, 0.1) is 0 Å². The van der Waals surface area contributed by atoms with Gasteiger partial charge >= 0.3 is 0 Å². The van der Waals surface area contributed by atoms with Crippen LogP contribution >= 0.6 is 0 Å². The van der Waals surface area contributed by atoms with Crippen LogP contribution < -0.4 is 10.3 Å². The Morgan fingerprint density at radius 2 is 2.05 bits per heavy atom. The van der Waals surface area contributed by atoms with Crippen molar-refractivity contribution in [2.24, 2.45) is 5.10 Å². The third-order valence-electron chi connectivity index (χ3n) is 2.83. The number of benzene rings is 1. The predicted octanol–water partition coefficient (Wildman–Crippen LogP) is 1.96. The van der Waals surface area contributed by atoms with E-state index in [0.29, 0.717) is 12.4 Å². The molecule has 0 amide bonds. The molecule has 0 radical (unpaired) electrons. The number of nitrogens with one attached hydrogen (secondary N) is 1. The highest BCUT2D eigenvalue weighted by atomic mass is 16.3. The summed E-state index contributed by atoms with van der Waals surface area (Å²) >= 11 is 0. The highest BCUT2D eigenvalue weighted by Crippen LogP contribution is 2.12. The van der Waals surface area contributed by atoms with Gasteiger partial charge in [0.1, 0.15) is 5.82 Å². The van der Waals surface area contributed by atoms with E-state index in [1.165, 1.54) is 0 Å². The number of aromatic nitrogens is 1. The summed E-state index contributed by atoms with van der Waals surface area (Å²) in [6.07, 6.45) is 3.45. The van der Waals surface area contributed by atoms with Crippen molar-refractivity contribution in [3.8, 4) is 0 Å². The third kappa shape index (κ3) is 4.07. The van der Waals surface area contributed by atoms with Gasteiger partial charge < -0.3 is 10.0 Å². The molecule has 0 aliphatic heterocycles. The van der Waals surface area contributed by atoms with Gasteiger partial charge in [-0.3, -0.25) is 5.43 Å². The minimum Gasteiger partial charge on any atom is -0.395 e. The summed E-state index contributed by atoms with van der Waals surface area (Å²) in [4.78, 5) is 6.11. The average molecular weight is 270 g/mol. The summed E-state index contributed by atoms with van der Waals surface area (Å²) in [6.45, 7) is 0.766. The van der Waals surface area contributed by atoms with Gasteiger partial charge in [0.15, 0.2) is 0 Å². The van der Waals surface area contributed by atoms with E-state index in [1.54, 1.807) is 12.4 Å². The van der Waals surface area contributed by atoms with Crippen LogP contribution in [0.3, 0.4) is 0 Å². The zero-order chi connectivity index (χ0) is 14.2. The van der Waals surface area contributed by atoms with Gasteiger partial charge in [0.25, 0.3) is 0 Å². The summed E-state index contributed by atoms with van der Waals surface area (Å²) in [7, 11) is 1.95. The van der Waals surface area contributed by atoms with Crippen molar-refractivity contribution in [2.75, 3.05) is 30.5 Å². The van der Waals surface area contributed by atoms with Crippen molar-refractivity contribution in [3.05, 3.63) is 54.2 Å². The molecule has 20 heavy (non-hydrogen) atoms. The lowest BCUT2D eigenvalue weighted by Gasteiger charge is -2.17. The van der Waals surface area contributed by atoms with Gasteiger partial charge in [-0.2, -0.15) is 5.10 Å². The first kappa shape index (κ1) is 14.0. The first-order valence-electron chi connectivity index (χ1n) is 6.42. The summed E-state index contributed by atoms with van der Waals surface area (Å²) in [5.41, 5.74) is 4.92. The molecule has 104 valence electrons. The first-order chi connectivity index (χ1) is 9.79. The Hall–Kier alpha value is -2.40. The number of pyridine rings is 1. The highest BCUT2D eigenvalue weighted by Gasteiger charge is 1.98. The zero-order valence-corrected chi connectivity index (χ0v) is 11.4. The average Bonchev–Trinajstić information content (AvgIpc) is 2.49. The molecule has 0 saturated carbocycles. The van der Waals surface area contributed by atoms with Crippen LogP contribution in [0.2, 0.25) is 0 Å². The van der Waals surface area contributed by atoms with Gasteiger partial charge in [-0.15, -0.1) is 0 Å². The lowest BCUT2D eigenvalue weighted by atomic mass is 10.2. The van der Waals surface area contributed by atoms with Gasteiger partial charge in [0.2, 0.25) is 0 Å². The van der Waals surface area contributed by atoms with Crippen molar-refractivity contribution in [1.82, 2.24) is 4.98 Å². The molecule has 0 spiro atoms. The molecule has 0 unspecified atom stereocenters. The number of likely N-dealkylation sites (N-methyl/N-ethyl adjacent to an activating group) is 1. The van der Waals surface area contributed by atoms with Crippen molar-refractivity contribution < 1.29 is 5.11 Å². The molecule has 0 bridgehead atoms. The molecular formula is C15H18N4O. The van der Waals surface area contributed by atoms with E-state index in [9.17, 15) is 0 Å². The third-order valence-corrected chi connectivity index (χ3v) is 2.83. The van der Waals surface area contributed by atoms with Crippen LogP contribution in [-0.2, 0) is 0 Å². The lowest BCUT2D eigenvalue weighted by Crippen LogP contribution is -2.20. The second kappa shape index (κ2) is 7.25. The minimum absolute atomic E-state index is 0.147. The normalized spacial score (nSPS) is 10.7. The van der Waals surface area contributed by atoms with Gasteiger partial charge in [-0.05, 0) is 29.8 Å². The van der Waals surface area contributed by atoms with E-state index in [4.69, 9.17) is 5.11 Å². The number of hydrogen-bond donors (Lipinski definition) is 2. The van der Waals surface area contributed by atoms with Crippen LogP contribution in [-0.4, -0.2) is 36.5 Å². The zero-order valence-electron chi connectivity index (χ0n) is 11.4. The number of anilines is 2. The molecule has 1 aromatic carbocycles. The fraction of sp³-hybridized carbons (Fsp3) is 0.200. The molecule has 2 rings (SSSR count). The van der Waals surface area contributed by atoms with Gasteiger partial charge in [0, 0.05) is 25.5 Å². The van der Waals surface area contributed by atoms with E-state index in [0.717, 1.165) is 11.3 Å². The molecule has 0 aliphatic carbocycles. The van der Waals surface area contributed by atoms with Gasteiger partial charge in [0.05, 0.1) is 12.8 Å². The monoisotopic (exact) mass is 270 g/mol. The Kier molecular flexibility index (Phi) is 5.08. The molecule has 2 aromatic rings. The van der Waals surface area contributed by atoms with Crippen LogP contribution in [0.15, 0.2) is 53.8 Å². The number of hydrogen-bond acceptors (Lipinski definition) is 5. The van der Waals surface area contributed by atoms with E-state index in [1.807, 2.05) is 54.4 Å². The molecule has 0 atom stereocenters. The van der Waals surface area contributed by atoms with E-state index >= 15 is 0 Å². The van der Waals surface area contributed by atoms with Crippen molar-refractivity contribution in [2.45, 2.75) is 0 Å². The van der Waals surface area contributed by atoms with E-state index in [-0.39, 0.29) is 6.61 Å². The Bertz CT molecular complexity index is 540. The summed E-state index contributed by atoms with van der Waals surface area (Å²) in [6, 6.07) is 13.6. The van der Waals surface area contributed by atoms with Crippen molar-refractivity contribution >= 4 is 17.7 Å². The lowest BCUT2D eigenvalue weighted by molar-refractivity contribution is 0.304. The molecule has 5 heteroatoms. The second-order valence-electron chi connectivity index (χ2n) is 4.32. The quantitative estimate of drug-likeness (QED) is 0.622. The maximum Gasteiger partial charge on any atom is 0.146 e. The Morgan fingerprint density at radius 3 is 2.70 bits per heavy atom. The number of aliphatic hydroxyl groups excluding tert-OH is 1. The molecule has 0 saturated heterocycles. The largest absolute Gasteiger partial charge is 0.395 e. The maximum absolute atomic E-state index is 8.90. The Balaban J connectivity index is 1.93. The number of nitrogens with zero attached hydrogens (tertiary/aromatic N) is 3. The van der Waals surface area contributed by atoms with E-state index in [2.05, 4.69) is 15.5 Å². The van der Waals surface area contributed by atoms with Crippen molar-refractivity contribution in [1.29, 1.82) is 0 Å². The number of hydrazone groups is 1. The van der Waals surface area contributed by atoms with Crippen LogP contribution in [0.4, 0.5) is 11.5 Å². The van der Waals surface area contributed by atoms with Crippen molar-refractivity contribution in [3.63, 3.8) is 0 Å². The number of aliphatic hydroxyl groups is 1. The Labute approximate surface area is 118 Å².